The van der Waals surface area contributed by atoms with Crippen molar-refractivity contribution in [1.82, 2.24) is 14.3 Å². The van der Waals surface area contributed by atoms with Crippen LogP contribution in [-0.2, 0) is 10.0 Å². The van der Waals surface area contributed by atoms with Gasteiger partial charge in [0.1, 0.15) is 33.8 Å². The number of hydrogen-bond donors (Lipinski definition) is 0. The molecule has 0 N–H and O–H groups in total. The Morgan fingerprint density at radius 3 is 2.26 bits per heavy atom. The van der Waals surface area contributed by atoms with E-state index in [-0.39, 0.29) is 4.90 Å². The molecular weight excluding hydrogens is 468 g/mol. The van der Waals surface area contributed by atoms with E-state index >= 15 is 0 Å². The largest absolute Gasteiger partial charge is 0.494 e. The molecule has 9 nitrogen and oxygen atoms in total. The average Bonchev–Trinajstić information content (AvgIpc) is 2.85. The number of anilines is 1. The highest BCUT2D eigenvalue weighted by molar-refractivity contribution is 7.89. The summed E-state index contributed by atoms with van der Waals surface area (Å²) >= 11 is 0. The monoisotopic (exact) mass is 498 g/mol. The normalized spacial score (nSPS) is 14.5. The third-order valence-electron chi connectivity index (χ3n) is 5.47. The van der Waals surface area contributed by atoms with Crippen molar-refractivity contribution in [3.05, 3.63) is 60.4 Å². The van der Waals surface area contributed by atoms with E-state index in [9.17, 15) is 8.42 Å². The molecule has 35 heavy (non-hydrogen) atoms. The molecule has 0 amide bonds. The molecule has 0 saturated carbocycles. The lowest BCUT2D eigenvalue weighted by atomic mass is 10.3. The van der Waals surface area contributed by atoms with Crippen molar-refractivity contribution < 1.29 is 22.6 Å². The molecule has 1 saturated heterocycles. The fraction of sp³-hybridized carbons (Fsp3) is 0.360. The smallest absolute Gasteiger partial charge is 0.246 e. The zero-order chi connectivity index (χ0) is 24.8. The molecule has 0 unspecified atom stereocenters. The van der Waals surface area contributed by atoms with Gasteiger partial charge in [0.15, 0.2) is 0 Å². The zero-order valence-electron chi connectivity index (χ0n) is 20.2. The third kappa shape index (κ3) is 5.83. The first-order chi connectivity index (χ1) is 16.9. The molecular formula is C25H30N4O5S. The molecule has 4 rings (SSSR count). The Balaban J connectivity index is 1.49. The lowest BCUT2D eigenvalue weighted by Crippen LogP contribution is -2.49. The van der Waals surface area contributed by atoms with Crippen LogP contribution in [0.5, 0.6) is 23.1 Å². The summed E-state index contributed by atoms with van der Waals surface area (Å²) in [6.07, 6.45) is 0. The molecule has 2 heterocycles. The minimum absolute atomic E-state index is 0.146. The molecule has 0 radical (unpaired) electrons. The molecule has 0 spiro atoms. The van der Waals surface area contributed by atoms with Gasteiger partial charge in [-0.3, -0.25) is 0 Å². The summed E-state index contributed by atoms with van der Waals surface area (Å²) in [4.78, 5) is 11.1. The van der Waals surface area contributed by atoms with Gasteiger partial charge >= 0.3 is 0 Å². The van der Waals surface area contributed by atoms with Crippen LogP contribution >= 0.6 is 0 Å². The number of nitrogens with zero attached hydrogens (tertiary/aromatic N) is 4. The van der Waals surface area contributed by atoms with E-state index in [0.29, 0.717) is 74.2 Å². The summed E-state index contributed by atoms with van der Waals surface area (Å²) in [7, 11) is -3.74. The maximum absolute atomic E-state index is 13.4. The molecule has 1 aliphatic rings. The lowest BCUT2D eigenvalue weighted by molar-refractivity contribution is 0.314. The Bertz CT molecular complexity index is 1250. The van der Waals surface area contributed by atoms with Crippen molar-refractivity contribution >= 4 is 15.8 Å². The van der Waals surface area contributed by atoms with Gasteiger partial charge in [0.05, 0.1) is 13.2 Å². The van der Waals surface area contributed by atoms with Crippen LogP contribution in [0.1, 0.15) is 19.7 Å². The van der Waals surface area contributed by atoms with Gasteiger partial charge in [-0.1, -0.05) is 18.2 Å². The van der Waals surface area contributed by atoms with Crippen LogP contribution in [0.2, 0.25) is 0 Å². The molecule has 2 aromatic carbocycles. The molecule has 1 fully saturated rings. The number of aromatic nitrogens is 2. The van der Waals surface area contributed by atoms with Gasteiger partial charge in [-0.15, -0.1) is 0 Å². The predicted octanol–water partition coefficient (Wildman–Crippen LogP) is 3.89. The standard InChI is InChI=1S/C25H30N4O5S/c1-4-32-21-11-12-23(22(17-21)33-5-2)35(30,31)29-15-13-28(14-16-29)24-18-25(27-19(3)26-24)34-20-9-7-6-8-10-20/h6-12,17-18H,4-5,13-16H2,1-3H3. The van der Waals surface area contributed by atoms with Gasteiger partial charge in [0, 0.05) is 38.3 Å². The average molecular weight is 499 g/mol. The second-order valence-electron chi connectivity index (χ2n) is 7.89. The van der Waals surface area contributed by atoms with Crippen molar-refractivity contribution in [2.24, 2.45) is 0 Å². The van der Waals surface area contributed by atoms with Gasteiger partial charge in [-0.05, 0) is 45.0 Å². The minimum atomic E-state index is -3.74. The summed E-state index contributed by atoms with van der Waals surface area (Å²) in [5, 5.41) is 0. The zero-order valence-corrected chi connectivity index (χ0v) is 21.0. The van der Waals surface area contributed by atoms with Crippen LogP contribution in [0, 0.1) is 6.92 Å². The second kappa shape index (κ2) is 10.9. The maximum atomic E-state index is 13.4. The first-order valence-corrected chi connectivity index (χ1v) is 13.1. The van der Waals surface area contributed by atoms with E-state index in [1.807, 2.05) is 56.0 Å². The van der Waals surface area contributed by atoms with Crippen LogP contribution in [-0.4, -0.2) is 62.1 Å². The van der Waals surface area contributed by atoms with E-state index in [1.54, 1.807) is 24.3 Å². The van der Waals surface area contributed by atoms with Gasteiger partial charge in [0.2, 0.25) is 15.9 Å². The fourth-order valence-electron chi connectivity index (χ4n) is 3.87. The van der Waals surface area contributed by atoms with Gasteiger partial charge in [0.25, 0.3) is 0 Å². The minimum Gasteiger partial charge on any atom is -0.494 e. The van der Waals surface area contributed by atoms with Crippen molar-refractivity contribution in [3.8, 4) is 23.1 Å². The molecule has 0 aliphatic carbocycles. The molecule has 1 aromatic heterocycles. The molecule has 3 aromatic rings. The van der Waals surface area contributed by atoms with E-state index in [4.69, 9.17) is 14.2 Å². The van der Waals surface area contributed by atoms with Crippen LogP contribution in [0.15, 0.2) is 59.5 Å². The quantitative estimate of drug-likeness (QED) is 0.439. The summed E-state index contributed by atoms with van der Waals surface area (Å²) < 4.78 is 45.4. The van der Waals surface area contributed by atoms with Crippen molar-refractivity contribution in [2.45, 2.75) is 25.7 Å². The maximum Gasteiger partial charge on any atom is 0.246 e. The number of benzene rings is 2. The van der Waals surface area contributed by atoms with Crippen molar-refractivity contribution in [3.63, 3.8) is 0 Å². The first kappa shape index (κ1) is 24.7. The van der Waals surface area contributed by atoms with Crippen LogP contribution in [0.3, 0.4) is 0 Å². The summed E-state index contributed by atoms with van der Waals surface area (Å²) in [6, 6.07) is 16.1. The van der Waals surface area contributed by atoms with Crippen LogP contribution in [0.4, 0.5) is 5.82 Å². The number of sulfonamides is 1. The molecule has 186 valence electrons. The van der Waals surface area contributed by atoms with Gasteiger partial charge in [-0.25, -0.2) is 13.4 Å². The Morgan fingerprint density at radius 2 is 1.57 bits per heavy atom. The lowest BCUT2D eigenvalue weighted by Gasteiger charge is -2.35. The summed E-state index contributed by atoms with van der Waals surface area (Å²) in [6.45, 7) is 7.96. The second-order valence-corrected chi connectivity index (χ2v) is 9.80. The highest BCUT2D eigenvalue weighted by Gasteiger charge is 2.31. The topological polar surface area (TPSA) is 94.1 Å². The number of ether oxygens (including phenoxy) is 3. The van der Waals surface area contributed by atoms with E-state index in [0.717, 1.165) is 0 Å². The number of piperazine rings is 1. The van der Waals surface area contributed by atoms with E-state index < -0.39 is 10.0 Å². The molecule has 0 atom stereocenters. The molecule has 1 aliphatic heterocycles. The molecule has 0 bridgehead atoms. The first-order valence-electron chi connectivity index (χ1n) is 11.6. The number of para-hydroxylation sites is 1. The van der Waals surface area contributed by atoms with Crippen LogP contribution < -0.4 is 19.1 Å². The predicted molar refractivity (Wildman–Crippen MR) is 133 cm³/mol. The molecule has 10 heteroatoms. The number of rotatable bonds is 9. The van der Waals surface area contributed by atoms with Crippen LogP contribution in [0.25, 0.3) is 0 Å². The highest BCUT2D eigenvalue weighted by Crippen LogP contribution is 2.32. The Kier molecular flexibility index (Phi) is 7.72. The van der Waals surface area contributed by atoms with E-state index in [1.165, 1.54) is 4.31 Å². The third-order valence-corrected chi connectivity index (χ3v) is 7.41. The Morgan fingerprint density at radius 1 is 0.857 bits per heavy atom. The van der Waals surface area contributed by atoms with Crippen molar-refractivity contribution in [2.75, 3.05) is 44.3 Å². The number of hydrogen-bond acceptors (Lipinski definition) is 8. The highest BCUT2D eigenvalue weighted by atomic mass is 32.2. The van der Waals surface area contributed by atoms with Gasteiger partial charge < -0.3 is 19.1 Å². The van der Waals surface area contributed by atoms with E-state index in [2.05, 4.69) is 9.97 Å². The fourth-order valence-corrected chi connectivity index (χ4v) is 5.41. The SMILES string of the molecule is CCOc1ccc(S(=O)(=O)N2CCN(c3cc(Oc4ccccc4)nc(C)n3)CC2)c(OCC)c1. The Labute approximate surface area is 206 Å². The Hall–Kier alpha value is -3.37. The van der Waals surface area contributed by atoms with Crippen molar-refractivity contribution in [1.29, 1.82) is 0 Å². The summed E-state index contributed by atoms with van der Waals surface area (Å²) in [5.74, 6) is 3.30. The number of aryl methyl sites for hydroxylation is 1. The van der Waals surface area contributed by atoms with Gasteiger partial charge in [-0.2, -0.15) is 9.29 Å². The summed E-state index contributed by atoms with van der Waals surface area (Å²) in [5.41, 5.74) is 0.